The molecule has 1 aromatic carbocycles. The average Bonchev–Trinajstić information content (AvgIpc) is 2.19. The van der Waals surface area contributed by atoms with Crippen LogP contribution in [0.2, 0.25) is 0 Å². The summed E-state index contributed by atoms with van der Waals surface area (Å²) in [7, 11) is 0.0703. The molecule has 0 aliphatic heterocycles. The largest absolute Gasteiger partial charge is 0.388 e. The lowest BCUT2D eigenvalue weighted by atomic mass is 10.2. The van der Waals surface area contributed by atoms with E-state index in [9.17, 15) is 8.42 Å². The molecule has 0 aliphatic rings. The van der Waals surface area contributed by atoms with E-state index in [1.54, 1.807) is 12.1 Å². The van der Waals surface area contributed by atoms with Crippen LogP contribution in [0.15, 0.2) is 24.3 Å². The highest BCUT2D eigenvalue weighted by molar-refractivity contribution is 7.88. The first-order valence-electron chi connectivity index (χ1n) is 4.25. The molecule has 14 heavy (non-hydrogen) atoms. The predicted octanol–water partition coefficient (Wildman–Crippen LogP) is 0.777. The van der Waals surface area contributed by atoms with Crippen LogP contribution >= 0.6 is 0 Å². The van der Waals surface area contributed by atoms with E-state index in [1.807, 2.05) is 19.2 Å². The molecule has 2 N–H and O–H groups in total. The van der Waals surface area contributed by atoms with Gasteiger partial charge >= 0.3 is 0 Å². The fourth-order valence-electron chi connectivity index (χ4n) is 1.06. The zero-order valence-electron chi connectivity index (χ0n) is 8.24. The van der Waals surface area contributed by atoms with Gasteiger partial charge in [0.2, 0.25) is 10.0 Å². The van der Waals surface area contributed by atoms with Gasteiger partial charge in [-0.3, -0.25) is 0 Å². The number of sulfonamides is 1. The molecular weight excluding hydrogens is 200 g/mol. The van der Waals surface area contributed by atoms with E-state index in [1.165, 1.54) is 7.05 Å². The number of benzene rings is 1. The Morgan fingerprint density at radius 2 is 1.71 bits per heavy atom. The summed E-state index contributed by atoms with van der Waals surface area (Å²) in [4.78, 5) is 0. The minimum atomic E-state index is -3.16. The highest BCUT2D eigenvalue weighted by Crippen LogP contribution is 2.10. The molecule has 0 atom stereocenters. The lowest BCUT2D eigenvalue weighted by Crippen LogP contribution is -2.20. The Balaban J connectivity index is 2.79. The van der Waals surface area contributed by atoms with Gasteiger partial charge in [0.25, 0.3) is 0 Å². The van der Waals surface area contributed by atoms with Crippen molar-refractivity contribution in [1.29, 1.82) is 0 Å². The van der Waals surface area contributed by atoms with Crippen LogP contribution in [0, 0.1) is 0 Å². The Kier molecular flexibility index (Phi) is 3.49. The van der Waals surface area contributed by atoms with Crippen molar-refractivity contribution in [2.75, 3.05) is 19.4 Å². The number of rotatable bonds is 4. The summed E-state index contributed by atoms with van der Waals surface area (Å²) in [5.41, 5.74) is 1.74. The molecule has 0 saturated carbocycles. The molecule has 0 heterocycles. The second kappa shape index (κ2) is 4.43. The van der Waals surface area contributed by atoms with E-state index in [2.05, 4.69) is 10.0 Å². The van der Waals surface area contributed by atoms with Gasteiger partial charge < -0.3 is 5.32 Å². The Morgan fingerprint density at radius 1 is 1.14 bits per heavy atom. The first kappa shape index (κ1) is 11.0. The molecule has 0 radical (unpaired) electrons. The summed E-state index contributed by atoms with van der Waals surface area (Å²) in [6, 6.07) is 7.28. The summed E-state index contributed by atoms with van der Waals surface area (Å²) in [5.74, 6) is 0.0213. The average molecular weight is 214 g/mol. The maximum atomic E-state index is 11.2. The number of nitrogens with one attached hydrogen (secondary N) is 2. The van der Waals surface area contributed by atoms with Gasteiger partial charge in [-0.25, -0.2) is 13.1 Å². The van der Waals surface area contributed by atoms with Crippen LogP contribution in [0.3, 0.4) is 0 Å². The Hall–Kier alpha value is -1.07. The van der Waals surface area contributed by atoms with E-state index >= 15 is 0 Å². The summed E-state index contributed by atoms with van der Waals surface area (Å²) in [6.07, 6.45) is 0. The van der Waals surface area contributed by atoms with Crippen molar-refractivity contribution < 1.29 is 8.42 Å². The van der Waals surface area contributed by atoms with Crippen molar-refractivity contribution in [1.82, 2.24) is 4.72 Å². The van der Waals surface area contributed by atoms with Crippen molar-refractivity contribution in [3.8, 4) is 0 Å². The van der Waals surface area contributed by atoms with Crippen molar-refractivity contribution in [3.63, 3.8) is 0 Å². The highest BCUT2D eigenvalue weighted by Gasteiger charge is 2.07. The summed E-state index contributed by atoms with van der Waals surface area (Å²) in [5, 5.41) is 2.97. The first-order chi connectivity index (χ1) is 6.57. The Bertz CT molecular complexity index is 384. The summed E-state index contributed by atoms with van der Waals surface area (Å²) < 4.78 is 24.7. The van der Waals surface area contributed by atoms with Crippen molar-refractivity contribution in [2.45, 2.75) is 5.75 Å². The fraction of sp³-hybridized carbons (Fsp3) is 0.333. The molecule has 4 nitrogen and oxygen atoms in total. The maximum absolute atomic E-state index is 11.2. The minimum absolute atomic E-state index is 0.0213. The SMILES string of the molecule is CNc1ccc(CS(=O)(=O)NC)cc1. The minimum Gasteiger partial charge on any atom is -0.388 e. The van der Waals surface area contributed by atoms with E-state index in [-0.39, 0.29) is 5.75 Å². The molecule has 0 bridgehead atoms. The molecule has 1 rings (SSSR count). The number of hydrogen-bond donors (Lipinski definition) is 2. The third kappa shape index (κ3) is 3.01. The third-order valence-electron chi connectivity index (χ3n) is 1.91. The van der Waals surface area contributed by atoms with Gasteiger partial charge in [0.05, 0.1) is 5.75 Å². The van der Waals surface area contributed by atoms with E-state index < -0.39 is 10.0 Å². The molecule has 0 fully saturated rings. The van der Waals surface area contributed by atoms with E-state index in [0.29, 0.717) is 0 Å². The van der Waals surface area contributed by atoms with E-state index in [0.717, 1.165) is 11.3 Å². The smallest absolute Gasteiger partial charge is 0.215 e. The van der Waals surface area contributed by atoms with Crippen LogP contribution in [-0.4, -0.2) is 22.5 Å². The Morgan fingerprint density at radius 3 is 2.14 bits per heavy atom. The monoisotopic (exact) mass is 214 g/mol. The predicted molar refractivity (Wildman–Crippen MR) is 57.7 cm³/mol. The molecule has 0 spiro atoms. The van der Waals surface area contributed by atoms with Crippen LogP contribution in [0.1, 0.15) is 5.56 Å². The van der Waals surface area contributed by atoms with Crippen LogP contribution in [0.25, 0.3) is 0 Å². The van der Waals surface area contributed by atoms with Gasteiger partial charge in [-0.2, -0.15) is 0 Å². The van der Waals surface area contributed by atoms with Gasteiger partial charge in [-0.15, -0.1) is 0 Å². The van der Waals surface area contributed by atoms with Gasteiger partial charge in [0.1, 0.15) is 0 Å². The van der Waals surface area contributed by atoms with Crippen LogP contribution in [0.5, 0.6) is 0 Å². The number of hydrogen-bond acceptors (Lipinski definition) is 3. The summed E-state index contributed by atoms with van der Waals surface area (Å²) >= 11 is 0. The van der Waals surface area contributed by atoms with Crippen molar-refractivity contribution in [2.24, 2.45) is 0 Å². The second-order valence-electron chi connectivity index (χ2n) is 2.91. The van der Waals surface area contributed by atoms with Gasteiger partial charge in [-0.1, -0.05) is 12.1 Å². The molecule has 1 aromatic rings. The normalized spacial score (nSPS) is 11.3. The topological polar surface area (TPSA) is 58.2 Å². The second-order valence-corrected chi connectivity index (χ2v) is 4.84. The molecule has 78 valence electrons. The standard InChI is InChI=1S/C9H14N2O2S/c1-10-9-5-3-8(4-6-9)7-14(12,13)11-2/h3-6,10-11H,7H2,1-2H3. The van der Waals surface area contributed by atoms with Crippen LogP contribution in [-0.2, 0) is 15.8 Å². The molecule has 0 unspecified atom stereocenters. The highest BCUT2D eigenvalue weighted by atomic mass is 32.2. The van der Waals surface area contributed by atoms with Crippen LogP contribution in [0.4, 0.5) is 5.69 Å². The third-order valence-corrected chi connectivity index (χ3v) is 3.25. The molecule has 0 aromatic heterocycles. The van der Waals surface area contributed by atoms with Gasteiger partial charge in [-0.05, 0) is 24.7 Å². The van der Waals surface area contributed by atoms with Crippen molar-refractivity contribution >= 4 is 15.7 Å². The maximum Gasteiger partial charge on any atom is 0.215 e. The molecule has 0 aliphatic carbocycles. The zero-order valence-corrected chi connectivity index (χ0v) is 9.06. The molecule has 0 amide bonds. The quantitative estimate of drug-likeness (QED) is 0.778. The Labute approximate surface area is 84.4 Å². The van der Waals surface area contributed by atoms with E-state index in [4.69, 9.17) is 0 Å². The fourth-order valence-corrected chi connectivity index (χ4v) is 1.83. The lowest BCUT2D eigenvalue weighted by Gasteiger charge is -2.04. The van der Waals surface area contributed by atoms with Gasteiger partial charge in [0, 0.05) is 12.7 Å². The number of anilines is 1. The van der Waals surface area contributed by atoms with Crippen molar-refractivity contribution in [3.05, 3.63) is 29.8 Å². The molecular formula is C9H14N2O2S. The van der Waals surface area contributed by atoms with Gasteiger partial charge in [0.15, 0.2) is 0 Å². The first-order valence-corrected chi connectivity index (χ1v) is 5.90. The molecule has 0 saturated heterocycles. The van der Waals surface area contributed by atoms with Crippen LogP contribution < -0.4 is 10.0 Å². The summed E-state index contributed by atoms with van der Waals surface area (Å²) in [6.45, 7) is 0. The zero-order chi connectivity index (χ0) is 10.6. The molecule has 5 heteroatoms. The lowest BCUT2D eigenvalue weighted by molar-refractivity contribution is 0.587.